The normalized spacial score (nSPS) is 25.1. The molecule has 3 aliphatic heterocycles. The van der Waals surface area contributed by atoms with Crippen molar-refractivity contribution < 1.29 is 9.59 Å². The van der Waals surface area contributed by atoms with Gasteiger partial charge >= 0.3 is 0 Å². The molecule has 4 rings (SSSR count). The second kappa shape index (κ2) is 8.42. The maximum Gasteiger partial charge on any atom is 0.244 e. The summed E-state index contributed by atoms with van der Waals surface area (Å²) in [5.41, 5.74) is 0. The molecular formula is C20H31N5O2. The highest BCUT2D eigenvalue weighted by molar-refractivity contribution is 5.79. The molecular weight excluding hydrogens is 342 g/mol. The van der Waals surface area contributed by atoms with Gasteiger partial charge in [0, 0.05) is 51.2 Å². The standard InChI is InChI=1S/C20H31N5O2/c26-19(16-25-12-4-8-21-25)22-13-6-18(7-14-22)24-11-3-5-17(15-24)20(27)23-9-1-2-10-23/h4,8,12,17-18H,1-3,5-7,9-11,13-16H2/t17-/m1/s1. The second-order valence-corrected chi connectivity index (χ2v) is 8.18. The van der Waals surface area contributed by atoms with Crippen molar-refractivity contribution >= 4 is 11.8 Å². The van der Waals surface area contributed by atoms with E-state index in [-0.39, 0.29) is 11.8 Å². The number of aromatic nitrogens is 2. The summed E-state index contributed by atoms with van der Waals surface area (Å²) in [5.74, 6) is 0.707. The summed E-state index contributed by atoms with van der Waals surface area (Å²) >= 11 is 0. The highest BCUT2D eigenvalue weighted by atomic mass is 16.2. The predicted molar refractivity (Wildman–Crippen MR) is 102 cm³/mol. The highest BCUT2D eigenvalue weighted by Crippen LogP contribution is 2.26. The van der Waals surface area contributed by atoms with Crippen LogP contribution in [0.15, 0.2) is 18.5 Å². The molecule has 0 unspecified atom stereocenters. The van der Waals surface area contributed by atoms with Gasteiger partial charge in [0.15, 0.2) is 0 Å². The maximum atomic E-state index is 12.8. The van der Waals surface area contributed by atoms with E-state index in [4.69, 9.17) is 0 Å². The number of piperidine rings is 2. The first-order valence-electron chi connectivity index (χ1n) is 10.5. The molecule has 1 aromatic rings. The van der Waals surface area contributed by atoms with Crippen LogP contribution in [0.1, 0.15) is 38.5 Å². The Morgan fingerprint density at radius 1 is 0.926 bits per heavy atom. The lowest BCUT2D eigenvalue weighted by Crippen LogP contribution is -2.52. The lowest BCUT2D eigenvalue weighted by Gasteiger charge is -2.42. The Bertz CT molecular complexity index is 633. The van der Waals surface area contributed by atoms with Gasteiger partial charge in [0.05, 0.1) is 5.92 Å². The average molecular weight is 374 g/mol. The third-order valence-electron chi connectivity index (χ3n) is 6.41. The van der Waals surface area contributed by atoms with E-state index in [1.54, 1.807) is 10.9 Å². The van der Waals surface area contributed by atoms with E-state index in [1.165, 1.54) is 0 Å². The predicted octanol–water partition coefficient (Wildman–Crippen LogP) is 1.21. The first-order chi connectivity index (χ1) is 13.2. The van der Waals surface area contributed by atoms with Crippen LogP contribution in [-0.4, -0.2) is 81.6 Å². The van der Waals surface area contributed by atoms with Gasteiger partial charge in [-0.2, -0.15) is 5.10 Å². The van der Waals surface area contributed by atoms with Crippen LogP contribution in [0.25, 0.3) is 0 Å². The zero-order valence-electron chi connectivity index (χ0n) is 16.1. The molecule has 4 heterocycles. The molecule has 148 valence electrons. The molecule has 27 heavy (non-hydrogen) atoms. The zero-order valence-corrected chi connectivity index (χ0v) is 16.1. The Labute approximate surface area is 161 Å². The summed E-state index contributed by atoms with van der Waals surface area (Å²) in [4.78, 5) is 31.8. The Balaban J connectivity index is 1.26. The molecule has 3 fully saturated rings. The van der Waals surface area contributed by atoms with Gasteiger partial charge in [-0.1, -0.05) is 0 Å². The highest BCUT2D eigenvalue weighted by Gasteiger charge is 2.34. The number of hydrogen-bond donors (Lipinski definition) is 0. The Hall–Kier alpha value is -1.89. The molecule has 1 aromatic heterocycles. The van der Waals surface area contributed by atoms with E-state index < -0.39 is 0 Å². The van der Waals surface area contributed by atoms with Gasteiger partial charge in [-0.25, -0.2) is 0 Å². The van der Waals surface area contributed by atoms with Crippen LogP contribution >= 0.6 is 0 Å². The van der Waals surface area contributed by atoms with Crippen molar-refractivity contribution in [2.75, 3.05) is 39.3 Å². The number of hydrogen-bond acceptors (Lipinski definition) is 4. The number of carbonyl (C=O) groups is 2. The molecule has 7 heteroatoms. The van der Waals surface area contributed by atoms with Gasteiger partial charge in [0.1, 0.15) is 6.54 Å². The molecule has 0 aliphatic carbocycles. The molecule has 0 radical (unpaired) electrons. The van der Waals surface area contributed by atoms with Crippen LogP contribution in [0.3, 0.4) is 0 Å². The van der Waals surface area contributed by atoms with Crippen LogP contribution in [-0.2, 0) is 16.1 Å². The van der Waals surface area contributed by atoms with Crippen molar-refractivity contribution in [2.45, 2.75) is 51.1 Å². The SMILES string of the molecule is O=C(Cn1cccn1)N1CCC(N2CCC[C@@H](C(=O)N3CCCC3)C2)CC1. The third-order valence-corrected chi connectivity index (χ3v) is 6.41. The number of rotatable bonds is 4. The molecule has 0 bridgehead atoms. The summed E-state index contributed by atoms with van der Waals surface area (Å²) in [6, 6.07) is 2.35. The monoisotopic (exact) mass is 373 g/mol. The smallest absolute Gasteiger partial charge is 0.244 e. The molecule has 2 amide bonds. The average Bonchev–Trinajstić information content (AvgIpc) is 3.42. The molecule has 0 saturated carbocycles. The van der Waals surface area contributed by atoms with E-state index in [1.807, 2.05) is 17.2 Å². The Morgan fingerprint density at radius 2 is 1.70 bits per heavy atom. The van der Waals surface area contributed by atoms with Gasteiger partial charge in [-0.3, -0.25) is 19.2 Å². The number of carbonyl (C=O) groups excluding carboxylic acids is 2. The summed E-state index contributed by atoms with van der Waals surface area (Å²) in [6.07, 6.45) is 10.0. The maximum absolute atomic E-state index is 12.8. The van der Waals surface area contributed by atoms with Gasteiger partial charge in [0.25, 0.3) is 0 Å². The molecule has 0 spiro atoms. The lowest BCUT2D eigenvalue weighted by molar-refractivity contribution is -0.136. The van der Waals surface area contributed by atoms with Gasteiger partial charge in [-0.05, 0) is 51.1 Å². The van der Waals surface area contributed by atoms with Crippen molar-refractivity contribution in [1.29, 1.82) is 0 Å². The van der Waals surface area contributed by atoms with Crippen LogP contribution < -0.4 is 0 Å². The topological polar surface area (TPSA) is 61.7 Å². The third kappa shape index (κ3) is 4.34. The lowest BCUT2D eigenvalue weighted by atomic mass is 9.93. The zero-order chi connectivity index (χ0) is 18.6. The molecule has 1 atom stereocenters. The number of amides is 2. The molecule has 3 aliphatic rings. The van der Waals surface area contributed by atoms with E-state index >= 15 is 0 Å². The van der Waals surface area contributed by atoms with Crippen LogP contribution in [0.5, 0.6) is 0 Å². The van der Waals surface area contributed by atoms with E-state index in [0.29, 0.717) is 18.5 Å². The van der Waals surface area contributed by atoms with Crippen LogP contribution in [0.4, 0.5) is 0 Å². The first-order valence-corrected chi connectivity index (χ1v) is 10.5. The molecule has 3 saturated heterocycles. The van der Waals surface area contributed by atoms with Gasteiger partial charge < -0.3 is 9.80 Å². The fourth-order valence-electron chi connectivity index (χ4n) is 4.85. The Morgan fingerprint density at radius 3 is 2.41 bits per heavy atom. The van der Waals surface area contributed by atoms with E-state index in [2.05, 4.69) is 14.9 Å². The number of likely N-dealkylation sites (tertiary alicyclic amines) is 3. The van der Waals surface area contributed by atoms with Crippen molar-refractivity contribution in [1.82, 2.24) is 24.5 Å². The van der Waals surface area contributed by atoms with Crippen molar-refractivity contribution in [3.63, 3.8) is 0 Å². The van der Waals surface area contributed by atoms with E-state index in [0.717, 1.165) is 77.8 Å². The number of nitrogens with zero attached hydrogens (tertiary/aromatic N) is 5. The fourth-order valence-corrected chi connectivity index (χ4v) is 4.85. The largest absolute Gasteiger partial charge is 0.342 e. The summed E-state index contributed by atoms with van der Waals surface area (Å²) in [7, 11) is 0. The molecule has 7 nitrogen and oxygen atoms in total. The second-order valence-electron chi connectivity index (χ2n) is 8.18. The summed E-state index contributed by atoms with van der Waals surface area (Å²) in [6.45, 7) is 5.85. The summed E-state index contributed by atoms with van der Waals surface area (Å²) < 4.78 is 1.69. The minimum absolute atomic E-state index is 0.151. The van der Waals surface area contributed by atoms with Crippen molar-refractivity contribution in [3.05, 3.63) is 18.5 Å². The molecule has 0 N–H and O–H groups in total. The van der Waals surface area contributed by atoms with Crippen molar-refractivity contribution in [3.8, 4) is 0 Å². The quantitative estimate of drug-likeness (QED) is 0.796. The van der Waals surface area contributed by atoms with Crippen LogP contribution in [0, 0.1) is 5.92 Å². The Kier molecular flexibility index (Phi) is 5.76. The molecule has 0 aromatic carbocycles. The van der Waals surface area contributed by atoms with Crippen molar-refractivity contribution in [2.24, 2.45) is 5.92 Å². The minimum Gasteiger partial charge on any atom is -0.342 e. The summed E-state index contributed by atoms with van der Waals surface area (Å²) in [5, 5.41) is 4.12. The minimum atomic E-state index is 0.151. The van der Waals surface area contributed by atoms with Crippen LogP contribution in [0.2, 0.25) is 0 Å². The fraction of sp³-hybridized carbons (Fsp3) is 0.750. The van der Waals surface area contributed by atoms with Gasteiger partial charge in [-0.15, -0.1) is 0 Å². The van der Waals surface area contributed by atoms with E-state index in [9.17, 15) is 9.59 Å². The first kappa shape index (κ1) is 18.5. The van der Waals surface area contributed by atoms with Gasteiger partial charge in [0.2, 0.25) is 11.8 Å².